The number of nitriles is 1. The van der Waals surface area contributed by atoms with Crippen molar-refractivity contribution >= 4 is 5.97 Å². The van der Waals surface area contributed by atoms with Crippen LogP contribution in [0.15, 0.2) is 72.8 Å². The van der Waals surface area contributed by atoms with Crippen LogP contribution in [0.2, 0.25) is 0 Å². The molecule has 3 rings (SSSR count). The van der Waals surface area contributed by atoms with Gasteiger partial charge in [-0.2, -0.15) is 5.26 Å². The van der Waals surface area contributed by atoms with Gasteiger partial charge >= 0.3 is 5.97 Å². The molecule has 0 N–H and O–H groups in total. The lowest BCUT2D eigenvalue weighted by molar-refractivity contribution is -0.134. The average Bonchev–Trinajstić information content (AvgIpc) is 2.78. The van der Waals surface area contributed by atoms with Gasteiger partial charge in [0.15, 0.2) is 0 Å². The summed E-state index contributed by atoms with van der Waals surface area (Å²) in [7, 11) is 1.61. The first-order chi connectivity index (χ1) is 14.2. The van der Waals surface area contributed by atoms with Crippen LogP contribution < -0.4 is 14.2 Å². The number of ether oxygens (including phenoxy) is 3. The van der Waals surface area contributed by atoms with Gasteiger partial charge in [0.05, 0.1) is 25.3 Å². The Labute approximate surface area is 170 Å². The Bertz CT molecular complexity index is 971. The van der Waals surface area contributed by atoms with Crippen LogP contribution in [0, 0.1) is 11.3 Å². The SMILES string of the molecule is COc1ccc(OCCCC(=O)Oc2ccc(-c3ccc(C#N)cc3)cc2)cc1. The molecule has 0 spiro atoms. The molecule has 0 aliphatic carbocycles. The summed E-state index contributed by atoms with van der Waals surface area (Å²) in [5, 5.41) is 8.86. The maximum Gasteiger partial charge on any atom is 0.311 e. The van der Waals surface area contributed by atoms with Gasteiger partial charge in [-0.1, -0.05) is 24.3 Å². The van der Waals surface area contributed by atoms with Crippen LogP contribution in [0.25, 0.3) is 11.1 Å². The van der Waals surface area contributed by atoms with E-state index in [0.717, 1.165) is 22.6 Å². The molecule has 5 nitrogen and oxygen atoms in total. The molecule has 0 radical (unpaired) electrons. The number of benzene rings is 3. The van der Waals surface area contributed by atoms with Crippen LogP contribution in [0.5, 0.6) is 17.2 Å². The number of esters is 1. The lowest BCUT2D eigenvalue weighted by atomic mass is 10.0. The highest BCUT2D eigenvalue weighted by Crippen LogP contribution is 2.23. The van der Waals surface area contributed by atoms with Crippen LogP contribution in [0.4, 0.5) is 0 Å². The first-order valence-electron chi connectivity index (χ1n) is 9.26. The molecule has 0 unspecified atom stereocenters. The standard InChI is InChI=1S/C24H21NO4/c1-27-21-12-14-22(15-13-21)28-16-2-3-24(26)29-23-10-8-20(9-11-23)19-6-4-18(17-25)5-7-19/h4-15H,2-3,16H2,1H3. The van der Waals surface area contributed by atoms with Gasteiger partial charge in [-0.15, -0.1) is 0 Å². The largest absolute Gasteiger partial charge is 0.497 e. The van der Waals surface area contributed by atoms with Crippen molar-refractivity contribution in [2.24, 2.45) is 0 Å². The number of carbonyl (C=O) groups excluding carboxylic acids is 1. The zero-order valence-electron chi connectivity index (χ0n) is 16.1. The second-order valence-electron chi connectivity index (χ2n) is 6.32. The van der Waals surface area contributed by atoms with E-state index in [2.05, 4.69) is 6.07 Å². The highest BCUT2D eigenvalue weighted by molar-refractivity contribution is 5.73. The first-order valence-corrected chi connectivity index (χ1v) is 9.26. The molecule has 0 saturated carbocycles. The minimum Gasteiger partial charge on any atom is -0.497 e. The minimum absolute atomic E-state index is 0.271. The molecule has 0 saturated heterocycles. The highest BCUT2D eigenvalue weighted by atomic mass is 16.5. The van der Waals surface area contributed by atoms with E-state index in [1.54, 1.807) is 31.4 Å². The Hall–Kier alpha value is -3.78. The van der Waals surface area contributed by atoms with Gasteiger partial charge in [-0.05, 0) is 66.1 Å². The molecule has 0 aliphatic rings. The van der Waals surface area contributed by atoms with Crippen LogP contribution in [-0.2, 0) is 4.79 Å². The van der Waals surface area contributed by atoms with E-state index in [1.807, 2.05) is 48.5 Å². The number of nitrogens with zero attached hydrogens (tertiary/aromatic N) is 1. The molecule has 0 heterocycles. The molecule has 3 aromatic carbocycles. The quantitative estimate of drug-likeness (QED) is 0.309. The van der Waals surface area contributed by atoms with Crippen molar-refractivity contribution in [2.75, 3.05) is 13.7 Å². The third kappa shape index (κ3) is 5.85. The molecule has 0 fully saturated rings. The van der Waals surface area contributed by atoms with Gasteiger partial charge in [-0.25, -0.2) is 0 Å². The molecule has 5 heteroatoms. The Morgan fingerprint density at radius 1 is 0.828 bits per heavy atom. The van der Waals surface area contributed by atoms with Crippen molar-refractivity contribution in [3.63, 3.8) is 0 Å². The number of carbonyl (C=O) groups is 1. The van der Waals surface area contributed by atoms with E-state index in [0.29, 0.717) is 24.3 Å². The fourth-order valence-electron chi connectivity index (χ4n) is 2.71. The number of hydrogen-bond acceptors (Lipinski definition) is 5. The van der Waals surface area contributed by atoms with Crippen LogP contribution >= 0.6 is 0 Å². The second kappa shape index (κ2) is 9.95. The predicted octanol–water partition coefficient (Wildman–Crippen LogP) is 5.00. The van der Waals surface area contributed by atoms with E-state index < -0.39 is 0 Å². The molecule has 0 aromatic heterocycles. The lowest BCUT2D eigenvalue weighted by Crippen LogP contribution is -2.09. The number of rotatable bonds is 8. The van der Waals surface area contributed by atoms with Gasteiger partial charge in [0.1, 0.15) is 17.2 Å². The monoisotopic (exact) mass is 387 g/mol. The van der Waals surface area contributed by atoms with E-state index in [-0.39, 0.29) is 12.4 Å². The third-order valence-electron chi connectivity index (χ3n) is 4.29. The fraction of sp³-hybridized carbons (Fsp3) is 0.167. The zero-order valence-corrected chi connectivity index (χ0v) is 16.1. The molecule has 29 heavy (non-hydrogen) atoms. The van der Waals surface area contributed by atoms with Gasteiger partial charge < -0.3 is 14.2 Å². The number of hydrogen-bond donors (Lipinski definition) is 0. The Morgan fingerprint density at radius 2 is 1.38 bits per heavy atom. The maximum atomic E-state index is 12.0. The van der Waals surface area contributed by atoms with Crippen LogP contribution in [0.1, 0.15) is 18.4 Å². The van der Waals surface area contributed by atoms with Crippen molar-refractivity contribution < 1.29 is 19.0 Å². The van der Waals surface area contributed by atoms with Crippen molar-refractivity contribution in [1.29, 1.82) is 5.26 Å². The molecule has 0 atom stereocenters. The molecule has 0 aliphatic heterocycles. The Kier molecular flexibility index (Phi) is 6.85. The first kappa shape index (κ1) is 20.0. The fourth-order valence-corrected chi connectivity index (χ4v) is 2.71. The van der Waals surface area contributed by atoms with E-state index in [4.69, 9.17) is 19.5 Å². The third-order valence-corrected chi connectivity index (χ3v) is 4.29. The summed E-state index contributed by atoms with van der Waals surface area (Å²) in [6.07, 6.45) is 0.835. The van der Waals surface area contributed by atoms with E-state index >= 15 is 0 Å². The Morgan fingerprint density at radius 3 is 1.97 bits per heavy atom. The van der Waals surface area contributed by atoms with Crippen molar-refractivity contribution in [1.82, 2.24) is 0 Å². The summed E-state index contributed by atoms with van der Waals surface area (Å²) in [6, 6.07) is 24.0. The van der Waals surface area contributed by atoms with E-state index in [1.165, 1.54) is 0 Å². The topological polar surface area (TPSA) is 68.6 Å². The summed E-state index contributed by atoms with van der Waals surface area (Å²) in [5.41, 5.74) is 2.61. The van der Waals surface area contributed by atoms with Crippen molar-refractivity contribution in [2.45, 2.75) is 12.8 Å². The lowest BCUT2D eigenvalue weighted by Gasteiger charge is -2.08. The molecule has 0 bridgehead atoms. The van der Waals surface area contributed by atoms with E-state index in [9.17, 15) is 4.79 Å². The molecule has 3 aromatic rings. The molecule has 146 valence electrons. The minimum atomic E-state index is -0.297. The molecular formula is C24H21NO4. The van der Waals surface area contributed by atoms with Crippen molar-refractivity contribution in [3.8, 4) is 34.4 Å². The normalized spacial score (nSPS) is 10.1. The van der Waals surface area contributed by atoms with Crippen molar-refractivity contribution in [3.05, 3.63) is 78.4 Å². The van der Waals surface area contributed by atoms with Gasteiger partial charge in [0, 0.05) is 6.42 Å². The zero-order chi connectivity index (χ0) is 20.5. The van der Waals surface area contributed by atoms with Crippen LogP contribution in [0.3, 0.4) is 0 Å². The average molecular weight is 387 g/mol. The maximum absolute atomic E-state index is 12.0. The van der Waals surface area contributed by atoms with Gasteiger partial charge in [-0.3, -0.25) is 4.79 Å². The predicted molar refractivity (Wildman–Crippen MR) is 110 cm³/mol. The van der Waals surface area contributed by atoms with Gasteiger partial charge in [0.25, 0.3) is 0 Å². The second-order valence-corrected chi connectivity index (χ2v) is 6.32. The smallest absolute Gasteiger partial charge is 0.311 e. The molecule has 0 amide bonds. The van der Waals surface area contributed by atoms with Crippen LogP contribution in [-0.4, -0.2) is 19.7 Å². The summed E-state index contributed by atoms with van der Waals surface area (Å²) in [6.45, 7) is 0.430. The highest BCUT2D eigenvalue weighted by Gasteiger charge is 2.06. The summed E-state index contributed by atoms with van der Waals surface area (Å²) in [5.74, 6) is 1.71. The molecular weight excluding hydrogens is 366 g/mol. The summed E-state index contributed by atoms with van der Waals surface area (Å²) >= 11 is 0. The Balaban J connectivity index is 1.43. The number of methoxy groups -OCH3 is 1. The summed E-state index contributed by atoms with van der Waals surface area (Å²) in [4.78, 5) is 12.0. The summed E-state index contributed by atoms with van der Waals surface area (Å²) < 4.78 is 16.1. The van der Waals surface area contributed by atoms with Gasteiger partial charge in [0.2, 0.25) is 0 Å².